The molecule has 13 nitrogen and oxygen atoms in total. The zero-order valence-corrected chi connectivity index (χ0v) is 26.3. The standard InChI is InChI=1S/C29H36ClN9O4S/c1-3-43-29(40)37-10-6-23(7-11-37)32-16-20-4-5-26(25(30)14-20)39-19-22(18-34-39)27-21(15-31)17-33-28(36-27)35-24-8-12-38(13-9-24)44(2,41)42/h4-5,14,17-19,23-24,32H,3,6-13,16H2,1-2H3,(H,33,35,36). The van der Waals surface area contributed by atoms with Gasteiger partial charge in [-0.15, -0.1) is 0 Å². The molecule has 2 fully saturated rings. The molecule has 1 aromatic carbocycles. The van der Waals surface area contributed by atoms with Gasteiger partial charge in [0.15, 0.2) is 0 Å². The summed E-state index contributed by atoms with van der Waals surface area (Å²) in [5.41, 5.74) is 3.10. The fourth-order valence-corrected chi connectivity index (χ4v) is 6.60. The molecule has 234 valence electrons. The lowest BCUT2D eigenvalue weighted by Crippen LogP contribution is -2.44. The van der Waals surface area contributed by atoms with E-state index in [1.54, 1.807) is 22.0 Å². The summed E-state index contributed by atoms with van der Waals surface area (Å²) < 4.78 is 31.8. The Morgan fingerprint density at radius 3 is 2.52 bits per heavy atom. The van der Waals surface area contributed by atoms with E-state index in [1.165, 1.54) is 16.8 Å². The van der Waals surface area contributed by atoms with Crippen molar-refractivity contribution in [2.75, 3.05) is 44.4 Å². The van der Waals surface area contributed by atoms with Gasteiger partial charge in [-0.05, 0) is 50.3 Å². The minimum atomic E-state index is -3.21. The molecular formula is C29H36ClN9O4S. The van der Waals surface area contributed by atoms with Crippen LogP contribution in [0.15, 0.2) is 36.8 Å². The summed E-state index contributed by atoms with van der Waals surface area (Å²) in [6.45, 7) is 5.02. The number of halogens is 1. The Balaban J connectivity index is 1.21. The summed E-state index contributed by atoms with van der Waals surface area (Å²) in [7, 11) is -3.21. The lowest BCUT2D eigenvalue weighted by atomic mass is 10.0. The molecule has 2 aliphatic heterocycles. The van der Waals surface area contributed by atoms with Crippen molar-refractivity contribution in [2.45, 2.75) is 51.2 Å². The predicted octanol–water partition coefficient (Wildman–Crippen LogP) is 3.40. The van der Waals surface area contributed by atoms with Gasteiger partial charge in [-0.1, -0.05) is 17.7 Å². The van der Waals surface area contributed by atoms with Gasteiger partial charge in [0.1, 0.15) is 6.07 Å². The first-order valence-electron chi connectivity index (χ1n) is 14.6. The Morgan fingerprint density at radius 2 is 1.86 bits per heavy atom. The van der Waals surface area contributed by atoms with Gasteiger partial charge in [0.2, 0.25) is 16.0 Å². The minimum Gasteiger partial charge on any atom is -0.450 e. The predicted molar refractivity (Wildman–Crippen MR) is 166 cm³/mol. The van der Waals surface area contributed by atoms with Crippen molar-refractivity contribution in [3.05, 3.63) is 52.9 Å². The number of nitrogens with one attached hydrogen (secondary N) is 2. The van der Waals surface area contributed by atoms with Crippen LogP contribution in [0.4, 0.5) is 10.7 Å². The molecule has 0 spiro atoms. The zero-order chi connectivity index (χ0) is 31.3. The highest BCUT2D eigenvalue weighted by Gasteiger charge is 2.26. The Bertz CT molecular complexity index is 1630. The van der Waals surface area contributed by atoms with E-state index in [2.05, 4.69) is 31.8 Å². The molecule has 44 heavy (non-hydrogen) atoms. The van der Waals surface area contributed by atoms with Crippen LogP contribution in [0.1, 0.15) is 43.7 Å². The number of carbonyl (C=O) groups excluding carboxylic acids is 1. The first-order chi connectivity index (χ1) is 21.1. The first kappa shape index (κ1) is 31.6. The minimum absolute atomic E-state index is 0.0146. The summed E-state index contributed by atoms with van der Waals surface area (Å²) in [5, 5.41) is 21.6. The lowest BCUT2D eigenvalue weighted by molar-refractivity contribution is 0.0950. The number of hydrogen-bond acceptors (Lipinski definition) is 10. The number of nitriles is 1. The number of hydrogen-bond donors (Lipinski definition) is 2. The maximum absolute atomic E-state index is 11.9. The molecule has 4 heterocycles. The van der Waals surface area contributed by atoms with Crippen molar-refractivity contribution in [2.24, 2.45) is 0 Å². The molecule has 3 aromatic rings. The maximum atomic E-state index is 11.9. The van der Waals surface area contributed by atoms with E-state index < -0.39 is 10.0 Å². The van der Waals surface area contributed by atoms with E-state index in [0.717, 1.165) is 18.4 Å². The normalized spacial score (nSPS) is 16.9. The van der Waals surface area contributed by atoms with Gasteiger partial charge in [0, 0.05) is 56.6 Å². The van der Waals surface area contributed by atoms with Gasteiger partial charge in [0.05, 0.1) is 47.2 Å². The highest BCUT2D eigenvalue weighted by Crippen LogP contribution is 2.27. The molecule has 0 atom stereocenters. The average Bonchev–Trinajstić information content (AvgIpc) is 3.50. The highest BCUT2D eigenvalue weighted by molar-refractivity contribution is 7.88. The number of aromatic nitrogens is 4. The molecule has 2 N–H and O–H groups in total. The van der Waals surface area contributed by atoms with Crippen molar-refractivity contribution in [3.63, 3.8) is 0 Å². The number of piperidine rings is 2. The second-order valence-electron chi connectivity index (χ2n) is 10.9. The topological polar surface area (TPSA) is 158 Å². The van der Waals surface area contributed by atoms with Gasteiger partial charge in [0.25, 0.3) is 0 Å². The van der Waals surface area contributed by atoms with Gasteiger partial charge >= 0.3 is 6.09 Å². The van der Waals surface area contributed by atoms with Crippen molar-refractivity contribution >= 4 is 33.7 Å². The third-order valence-electron chi connectivity index (χ3n) is 7.90. The number of nitrogens with zero attached hydrogens (tertiary/aromatic N) is 7. The van der Waals surface area contributed by atoms with Crippen LogP contribution in [0.3, 0.4) is 0 Å². The molecule has 0 unspecified atom stereocenters. The summed E-state index contributed by atoms with van der Waals surface area (Å²) >= 11 is 6.68. The van der Waals surface area contributed by atoms with Crippen LogP contribution >= 0.6 is 11.6 Å². The lowest BCUT2D eigenvalue weighted by Gasteiger charge is -2.31. The van der Waals surface area contributed by atoms with Gasteiger partial charge in [-0.25, -0.2) is 32.2 Å². The monoisotopic (exact) mass is 641 g/mol. The Morgan fingerprint density at radius 1 is 1.14 bits per heavy atom. The van der Waals surface area contributed by atoms with Gasteiger partial charge < -0.3 is 20.3 Å². The van der Waals surface area contributed by atoms with Crippen molar-refractivity contribution in [1.29, 1.82) is 5.26 Å². The first-order valence-corrected chi connectivity index (χ1v) is 16.8. The SMILES string of the molecule is CCOC(=O)N1CCC(NCc2ccc(-n3cc(-c4nc(NC5CCN(S(C)(=O)=O)CC5)ncc4C#N)cn3)c(Cl)c2)CC1. The third-order valence-corrected chi connectivity index (χ3v) is 9.50. The van der Waals surface area contributed by atoms with Gasteiger partial charge in [-0.3, -0.25) is 0 Å². The van der Waals surface area contributed by atoms with E-state index >= 15 is 0 Å². The number of sulfonamides is 1. The molecule has 1 amide bonds. The number of amides is 1. The summed E-state index contributed by atoms with van der Waals surface area (Å²) in [6.07, 6.45) is 8.81. The number of anilines is 1. The Kier molecular flexibility index (Phi) is 10.00. The van der Waals surface area contributed by atoms with E-state index in [4.69, 9.17) is 16.3 Å². The molecule has 0 radical (unpaired) electrons. The van der Waals surface area contributed by atoms with Crippen molar-refractivity contribution < 1.29 is 17.9 Å². The maximum Gasteiger partial charge on any atom is 0.409 e. The van der Waals surface area contributed by atoms with E-state index in [0.29, 0.717) is 91.7 Å². The Hall–Kier alpha value is -3.77. The van der Waals surface area contributed by atoms with Crippen LogP contribution in [0.2, 0.25) is 5.02 Å². The van der Waals surface area contributed by atoms with Crippen LogP contribution in [0.5, 0.6) is 0 Å². The quantitative estimate of drug-likeness (QED) is 0.355. The van der Waals surface area contributed by atoms with Crippen molar-refractivity contribution in [1.82, 2.24) is 34.3 Å². The summed E-state index contributed by atoms with van der Waals surface area (Å²) in [6, 6.07) is 8.26. The number of rotatable bonds is 9. The second-order valence-corrected chi connectivity index (χ2v) is 13.3. The molecule has 2 saturated heterocycles. The number of carbonyl (C=O) groups is 1. The van der Waals surface area contributed by atoms with Crippen LogP contribution in [0, 0.1) is 11.3 Å². The molecule has 0 bridgehead atoms. The zero-order valence-electron chi connectivity index (χ0n) is 24.7. The van der Waals surface area contributed by atoms with Crippen LogP contribution < -0.4 is 10.6 Å². The highest BCUT2D eigenvalue weighted by atomic mass is 35.5. The molecule has 2 aliphatic rings. The van der Waals surface area contributed by atoms with Crippen LogP contribution in [0.25, 0.3) is 16.9 Å². The van der Waals surface area contributed by atoms with E-state index in [9.17, 15) is 18.5 Å². The molecule has 2 aromatic heterocycles. The molecule has 15 heteroatoms. The third kappa shape index (κ3) is 7.65. The summed E-state index contributed by atoms with van der Waals surface area (Å²) in [4.78, 5) is 22.6. The second kappa shape index (κ2) is 13.9. The van der Waals surface area contributed by atoms with Crippen LogP contribution in [-0.2, 0) is 21.3 Å². The number of benzene rings is 1. The Labute approximate surface area is 262 Å². The smallest absolute Gasteiger partial charge is 0.409 e. The van der Waals surface area contributed by atoms with E-state index in [-0.39, 0.29) is 12.1 Å². The molecule has 5 rings (SSSR count). The fourth-order valence-electron chi connectivity index (χ4n) is 5.43. The number of likely N-dealkylation sites (tertiary alicyclic amines) is 1. The van der Waals surface area contributed by atoms with Crippen LogP contribution in [-0.4, -0.2) is 94.6 Å². The molecular weight excluding hydrogens is 606 g/mol. The molecule has 0 saturated carbocycles. The van der Waals surface area contributed by atoms with Gasteiger partial charge in [-0.2, -0.15) is 10.4 Å². The fraction of sp³-hybridized carbons (Fsp3) is 0.483. The largest absolute Gasteiger partial charge is 0.450 e. The van der Waals surface area contributed by atoms with E-state index in [1.807, 2.05) is 25.1 Å². The summed E-state index contributed by atoms with van der Waals surface area (Å²) in [5.74, 6) is 0.367. The van der Waals surface area contributed by atoms with Crippen molar-refractivity contribution in [3.8, 4) is 23.0 Å². The average molecular weight is 642 g/mol. The molecule has 0 aliphatic carbocycles. The number of ether oxygens (including phenoxy) is 1.